The molecule has 1 atom stereocenters. The highest BCUT2D eigenvalue weighted by Crippen LogP contribution is 2.07. The van der Waals surface area contributed by atoms with Gasteiger partial charge in [0.05, 0.1) is 5.92 Å². The van der Waals surface area contributed by atoms with E-state index in [1.165, 1.54) is 12.4 Å². The summed E-state index contributed by atoms with van der Waals surface area (Å²) in [5, 5.41) is 20.1. The van der Waals surface area contributed by atoms with E-state index in [2.05, 4.69) is 15.3 Å². The largest absolute Gasteiger partial charge is 0.481 e. The molecule has 0 bridgehead atoms. The van der Waals surface area contributed by atoms with E-state index in [1.54, 1.807) is 6.92 Å². The van der Waals surface area contributed by atoms with Crippen LogP contribution in [-0.2, 0) is 4.79 Å². The Balaban J connectivity index is 2.66. The third-order valence-corrected chi connectivity index (χ3v) is 1.80. The van der Waals surface area contributed by atoms with Crippen molar-refractivity contribution < 1.29 is 9.90 Å². The van der Waals surface area contributed by atoms with Gasteiger partial charge in [0.2, 0.25) is 0 Å². The summed E-state index contributed by atoms with van der Waals surface area (Å²) in [5.41, 5.74) is 0.162. The zero-order chi connectivity index (χ0) is 11.3. The molecule has 0 radical (unpaired) electrons. The van der Waals surface area contributed by atoms with Crippen LogP contribution in [0.3, 0.4) is 0 Å². The molecule has 1 heterocycles. The number of hydrogen-bond acceptors (Lipinski definition) is 5. The number of anilines is 1. The highest BCUT2D eigenvalue weighted by Gasteiger charge is 2.11. The van der Waals surface area contributed by atoms with E-state index < -0.39 is 11.9 Å². The van der Waals surface area contributed by atoms with Crippen LogP contribution in [0.25, 0.3) is 0 Å². The monoisotopic (exact) mass is 206 g/mol. The van der Waals surface area contributed by atoms with Gasteiger partial charge in [0.1, 0.15) is 6.07 Å². The summed E-state index contributed by atoms with van der Waals surface area (Å²) in [6.07, 6.45) is 2.85. The summed E-state index contributed by atoms with van der Waals surface area (Å²) in [6.45, 7) is 1.78. The highest BCUT2D eigenvalue weighted by atomic mass is 16.4. The number of nitriles is 1. The number of nitrogens with one attached hydrogen (secondary N) is 1. The number of aliphatic carboxylic acids is 1. The number of carboxylic acids is 1. The Hall–Kier alpha value is -2.16. The van der Waals surface area contributed by atoms with Gasteiger partial charge < -0.3 is 10.4 Å². The number of aromatic nitrogens is 2. The van der Waals surface area contributed by atoms with Gasteiger partial charge in [-0.15, -0.1) is 0 Å². The van der Waals surface area contributed by atoms with Crippen LogP contribution in [0, 0.1) is 17.2 Å². The Morgan fingerprint density at radius 1 is 1.67 bits per heavy atom. The van der Waals surface area contributed by atoms with Crippen LogP contribution in [0.15, 0.2) is 12.4 Å². The minimum atomic E-state index is -0.898. The van der Waals surface area contributed by atoms with Crippen LogP contribution < -0.4 is 5.32 Å². The summed E-state index contributed by atoms with van der Waals surface area (Å²) in [5.74, 6) is -1.13. The van der Waals surface area contributed by atoms with E-state index in [0.717, 1.165) is 0 Å². The molecule has 0 spiro atoms. The van der Waals surface area contributed by atoms with Crippen molar-refractivity contribution >= 4 is 11.8 Å². The van der Waals surface area contributed by atoms with E-state index in [1.807, 2.05) is 6.07 Å². The second-order valence-electron chi connectivity index (χ2n) is 2.99. The maximum atomic E-state index is 10.5. The summed E-state index contributed by atoms with van der Waals surface area (Å²) in [7, 11) is 0. The van der Waals surface area contributed by atoms with Crippen LogP contribution in [-0.4, -0.2) is 27.6 Å². The lowest BCUT2D eigenvalue weighted by molar-refractivity contribution is -0.140. The normalized spacial score (nSPS) is 11.5. The SMILES string of the molecule is CC(CNc1nccnc1C#N)C(=O)O. The molecule has 0 fully saturated rings. The molecule has 6 heteroatoms. The second kappa shape index (κ2) is 4.91. The summed E-state index contributed by atoms with van der Waals surface area (Å²) in [6, 6.07) is 1.86. The molecular formula is C9H10N4O2. The van der Waals surface area contributed by atoms with E-state index in [9.17, 15) is 4.79 Å². The minimum Gasteiger partial charge on any atom is -0.481 e. The van der Waals surface area contributed by atoms with Crippen molar-refractivity contribution in [3.8, 4) is 6.07 Å². The minimum absolute atomic E-state index is 0.162. The van der Waals surface area contributed by atoms with Crippen molar-refractivity contribution in [1.29, 1.82) is 5.26 Å². The van der Waals surface area contributed by atoms with Crippen molar-refractivity contribution in [3.05, 3.63) is 18.1 Å². The summed E-state index contributed by atoms with van der Waals surface area (Å²) in [4.78, 5) is 18.2. The second-order valence-corrected chi connectivity index (χ2v) is 2.99. The molecule has 0 aliphatic rings. The van der Waals surface area contributed by atoms with Gasteiger partial charge in [0.15, 0.2) is 11.5 Å². The van der Waals surface area contributed by atoms with Crippen molar-refractivity contribution in [2.45, 2.75) is 6.92 Å². The maximum absolute atomic E-state index is 10.5. The standard InChI is InChI=1S/C9H10N4O2/c1-6(9(14)15)5-13-8-7(4-10)11-2-3-12-8/h2-3,6H,5H2,1H3,(H,12,13)(H,14,15). The fourth-order valence-corrected chi connectivity index (χ4v) is 0.886. The molecule has 1 rings (SSSR count). The quantitative estimate of drug-likeness (QED) is 0.743. The van der Waals surface area contributed by atoms with Gasteiger partial charge in [-0.3, -0.25) is 4.79 Å². The van der Waals surface area contributed by atoms with Crippen molar-refractivity contribution in [2.24, 2.45) is 5.92 Å². The van der Waals surface area contributed by atoms with Crippen molar-refractivity contribution in [1.82, 2.24) is 9.97 Å². The Bertz CT molecular complexity index is 399. The molecule has 0 aromatic carbocycles. The molecule has 1 aromatic rings. The third-order valence-electron chi connectivity index (χ3n) is 1.80. The molecule has 0 aliphatic carbocycles. The van der Waals surface area contributed by atoms with E-state index in [4.69, 9.17) is 10.4 Å². The number of carboxylic acid groups (broad SMARTS) is 1. The molecule has 0 amide bonds. The predicted octanol–water partition coefficient (Wildman–Crippen LogP) is 0.481. The first-order valence-corrected chi connectivity index (χ1v) is 4.33. The molecule has 1 unspecified atom stereocenters. The average molecular weight is 206 g/mol. The first-order chi connectivity index (χ1) is 7.15. The van der Waals surface area contributed by atoms with E-state index >= 15 is 0 Å². The molecule has 0 saturated carbocycles. The van der Waals surface area contributed by atoms with Crippen LogP contribution in [0.2, 0.25) is 0 Å². The molecule has 0 aliphatic heterocycles. The Labute approximate surface area is 86.6 Å². The Morgan fingerprint density at radius 2 is 2.33 bits per heavy atom. The van der Waals surface area contributed by atoms with Gasteiger partial charge in [-0.1, -0.05) is 6.92 Å². The van der Waals surface area contributed by atoms with Gasteiger partial charge in [0, 0.05) is 18.9 Å². The van der Waals surface area contributed by atoms with Gasteiger partial charge in [-0.2, -0.15) is 5.26 Å². The number of nitrogens with zero attached hydrogens (tertiary/aromatic N) is 3. The first kappa shape index (κ1) is 10.9. The van der Waals surface area contributed by atoms with Crippen molar-refractivity contribution in [3.63, 3.8) is 0 Å². The van der Waals surface area contributed by atoms with Crippen LogP contribution in [0.5, 0.6) is 0 Å². The van der Waals surface area contributed by atoms with Gasteiger partial charge in [-0.25, -0.2) is 9.97 Å². The zero-order valence-corrected chi connectivity index (χ0v) is 8.14. The molecule has 1 aromatic heterocycles. The topological polar surface area (TPSA) is 98.9 Å². The first-order valence-electron chi connectivity index (χ1n) is 4.33. The summed E-state index contributed by atoms with van der Waals surface area (Å²) < 4.78 is 0. The highest BCUT2D eigenvalue weighted by molar-refractivity contribution is 5.70. The molecule has 15 heavy (non-hydrogen) atoms. The molecule has 6 nitrogen and oxygen atoms in total. The lowest BCUT2D eigenvalue weighted by Crippen LogP contribution is -2.20. The van der Waals surface area contributed by atoms with Crippen LogP contribution in [0.1, 0.15) is 12.6 Å². The lowest BCUT2D eigenvalue weighted by Gasteiger charge is -2.08. The van der Waals surface area contributed by atoms with E-state index in [0.29, 0.717) is 5.82 Å². The molecule has 0 saturated heterocycles. The lowest BCUT2D eigenvalue weighted by atomic mass is 10.2. The molecule has 78 valence electrons. The summed E-state index contributed by atoms with van der Waals surface area (Å²) >= 11 is 0. The van der Waals surface area contributed by atoms with E-state index in [-0.39, 0.29) is 12.2 Å². The third kappa shape index (κ3) is 2.91. The Kier molecular flexibility index (Phi) is 3.57. The van der Waals surface area contributed by atoms with Gasteiger partial charge in [0.25, 0.3) is 0 Å². The number of carbonyl (C=O) groups is 1. The smallest absolute Gasteiger partial charge is 0.308 e. The van der Waals surface area contributed by atoms with Gasteiger partial charge >= 0.3 is 5.97 Å². The average Bonchev–Trinajstić information content (AvgIpc) is 2.26. The predicted molar refractivity (Wildman–Crippen MR) is 52.0 cm³/mol. The fraction of sp³-hybridized carbons (Fsp3) is 0.333. The van der Waals surface area contributed by atoms with Crippen molar-refractivity contribution in [2.75, 3.05) is 11.9 Å². The number of rotatable bonds is 4. The van der Waals surface area contributed by atoms with Crippen LogP contribution in [0.4, 0.5) is 5.82 Å². The van der Waals surface area contributed by atoms with Crippen LogP contribution >= 0.6 is 0 Å². The fourth-order valence-electron chi connectivity index (χ4n) is 0.886. The Morgan fingerprint density at radius 3 is 2.93 bits per heavy atom. The molecular weight excluding hydrogens is 196 g/mol. The molecule has 2 N–H and O–H groups in total. The number of hydrogen-bond donors (Lipinski definition) is 2. The van der Waals surface area contributed by atoms with Gasteiger partial charge in [-0.05, 0) is 0 Å². The maximum Gasteiger partial charge on any atom is 0.308 e. The zero-order valence-electron chi connectivity index (χ0n) is 8.14.